The van der Waals surface area contributed by atoms with Crippen molar-refractivity contribution in [3.8, 4) is 0 Å². The molecule has 0 heterocycles. The highest BCUT2D eigenvalue weighted by molar-refractivity contribution is 5.65. The van der Waals surface area contributed by atoms with Gasteiger partial charge in [0.05, 0.1) is 19.1 Å². The summed E-state index contributed by atoms with van der Waals surface area (Å²) in [7, 11) is 0. The molecule has 0 radical (unpaired) electrons. The van der Waals surface area contributed by atoms with E-state index in [9.17, 15) is 15.0 Å². The minimum Gasteiger partial charge on any atom is -0.544 e. The minimum atomic E-state index is -1.00. The highest BCUT2D eigenvalue weighted by atomic mass is 16.4. The zero-order chi connectivity index (χ0) is 18.3. The lowest BCUT2D eigenvalue weighted by Crippen LogP contribution is -2.58. The first kappa shape index (κ1) is 23.1. The Morgan fingerprint density at radius 2 is 1.58 bits per heavy atom. The van der Waals surface area contributed by atoms with Crippen molar-refractivity contribution >= 4 is 5.97 Å². The van der Waals surface area contributed by atoms with Crippen molar-refractivity contribution in [3.05, 3.63) is 12.2 Å². The van der Waals surface area contributed by atoms with Crippen LogP contribution in [-0.2, 0) is 4.79 Å². The van der Waals surface area contributed by atoms with Crippen LogP contribution in [0.3, 0.4) is 0 Å². The van der Waals surface area contributed by atoms with Gasteiger partial charge in [0.25, 0.3) is 0 Å². The zero-order valence-electron chi connectivity index (χ0n) is 16.1. The Hall–Kier alpha value is -0.870. The predicted molar refractivity (Wildman–Crippen MR) is 98.5 cm³/mol. The molecule has 1 unspecified atom stereocenters. The summed E-state index contributed by atoms with van der Waals surface area (Å²) in [5.41, 5.74) is 0. The van der Waals surface area contributed by atoms with Crippen molar-refractivity contribution in [2.45, 2.75) is 84.7 Å². The normalized spacial score (nSPS) is 13.5. The number of aliphatic hydroxyl groups is 1. The van der Waals surface area contributed by atoms with E-state index in [4.69, 9.17) is 0 Å². The Morgan fingerprint density at radius 1 is 1.00 bits per heavy atom. The van der Waals surface area contributed by atoms with Crippen LogP contribution >= 0.6 is 0 Å². The lowest BCUT2D eigenvalue weighted by atomic mass is 10.1. The van der Waals surface area contributed by atoms with E-state index in [1.165, 1.54) is 0 Å². The molecule has 1 N–H and O–H groups in total. The number of aliphatic carboxylic acids is 1. The Bertz CT molecular complexity index is 332. The molecule has 0 aromatic heterocycles. The fourth-order valence-electron chi connectivity index (χ4n) is 3.24. The summed E-state index contributed by atoms with van der Waals surface area (Å²) in [5, 5.41) is 21.8. The minimum absolute atomic E-state index is 0.0170. The Labute approximate surface area is 149 Å². The number of hydrogen-bond acceptors (Lipinski definition) is 3. The summed E-state index contributed by atoms with van der Waals surface area (Å²) in [6, 6.07) is 0. The summed E-state index contributed by atoms with van der Waals surface area (Å²) in [4.78, 5) is 11.3. The van der Waals surface area contributed by atoms with Crippen molar-refractivity contribution in [3.63, 3.8) is 0 Å². The smallest absolute Gasteiger partial charge is 0.119 e. The van der Waals surface area contributed by atoms with Crippen molar-refractivity contribution < 1.29 is 19.5 Å². The number of nitrogens with zero attached hydrogens (tertiary/aromatic N) is 1. The van der Waals surface area contributed by atoms with Crippen molar-refractivity contribution in [2.75, 3.05) is 26.2 Å². The van der Waals surface area contributed by atoms with Gasteiger partial charge in [-0.1, -0.05) is 52.2 Å². The number of hydrogen-bond donors (Lipinski definition) is 1. The maximum absolute atomic E-state index is 11.3. The second-order valence-corrected chi connectivity index (χ2v) is 7.07. The van der Waals surface area contributed by atoms with E-state index in [0.29, 0.717) is 17.4 Å². The van der Waals surface area contributed by atoms with E-state index in [-0.39, 0.29) is 6.54 Å². The summed E-state index contributed by atoms with van der Waals surface area (Å²) in [6.45, 7) is 8.60. The largest absolute Gasteiger partial charge is 0.544 e. The molecular weight excluding hydrogens is 302 g/mol. The summed E-state index contributed by atoms with van der Waals surface area (Å²) >= 11 is 0. The van der Waals surface area contributed by atoms with Crippen molar-refractivity contribution in [2.24, 2.45) is 0 Å². The van der Waals surface area contributed by atoms with Gasteiger partial charge in [-0.15, -0.1) is 0 Å². The molecule has 0 rings (SSSR count). The number of allylic oxidation sites excluding steroid dienone is 1. The summed E-state index contributed by atoms with van der Waals surface area (Å²) < 4.78 is 0.463. The van der Waals surface area contributed by atoms with Crippen LogP contribution in [0.1, 0.15) is 78.6 Å². The zero-order valence-corrected chi connectivity index (χ0v) is 16.1. The molecule has 0 aliphatic heterocycles. The molecule has 0 aromatic rings. The van der Waals surface area contributed by atoms with Gasteiger partial charge in [0.15, 0.2) is 0 Å². The molecule has 0 amide bonds. The van der Waals surface area contributed by atoms with E-state index in [0.717, 1.165) is 64.5 Å². The standard InChI is InChI=1S/C20H39NO3/c1-4-7-10-11-14-19(22)17-21(18-20(23)24,15-12-8-5-2)16-13-9-6-3/h10-11,19,22H,4-9,12-18H2,1-3H3/b11-10+. The molecule has 0 saturated heterocycles. The number of carbonyl (C=O) groups is 1. The number of carbonyl (C=O) groups excluding carboxylic acids is 1. The number of rotatable bonds is 16. The van der Waals surface area contributed by atoms with Gasteiger partial charge in [-0.25, -0.2) is 0 Å². The Morgan fingerprint density at radius 3 is 2.04 bits per heavy atom. The van der Waals surface area contributed by atoms with Crippen LogP contribution in [0, 0.1) is 0 Å². The van der Waals surface area contributed by atoms with Gasteiger partial charge in [0.1, 0.15) is 19.2 Å². The van der Waals surface area contributed by atoms with Crippen LogP contribution in [0.15, 0.2) is 12.2 Å². The van der Waals surface area contributed by atoms with Gasteiger partial charge in [0, 0.05) is 0 Å². The molecule has 0 fully saturated rings. The topological polar surface area (TPSA) is 60.4 Å². The lowest BCUT2D eigenvalue weighted by Gasteiger charge is -2.40. The van der Waals surface area contributed by atoms with Gasteiger partial charge >= 0.3 is 0 Å². The number of quaternary nitrogens is 1. The maximum Gasteiger partial charge on any atom is 0.119 e. The second-order valence-electron chi connectivity index (χ2n) is 7.07. The first-order chi connectivity index (χ1) is 11.5. The first-order valence-electron chi connectivity index (χ1n) is 9.87. The molecular formula is C20H39NO3. The predicted octanol–water partition coefficient (Wildman–Crippen LogP) is 3.04. The van der Waals surface area contributed by atoms with Crippen molar-refractivity contribution in [1.82, 2.24) is 0 Å². The highest BCUT2D eigenvalue weighted by Crippen LogP contribution is 2.16. The Balaban J connectivity index is 4.88. The first-order valence-corrected chi connectivity index (χ1v) is 9.87. The van der Waals surface area contributed by atoms with Crippen LogP contribution in [0.5, 0.6) is 0 Å². The third kappa shape index (κ3) is 11.6. The Kier molecular flexibility index (Phi) is 13.9. The second kappa shape index (κ2) is 14.5. The van der Waals surface area contributed by atoms with E-state index >= 15 is 0 Å². The van der Waals surface area contributed by atoms with E-state index < -0.39 is 12.1 Å². The summed E-state index contributed by atoms with van der Waals surface area (Å²) in [5.74, 6) is -1.00. The van der Waals surface area contributed by atoms with Gasteiger partial charge in [-0.05, 0) is 38.5 Å². The fraction of sp³-hybridized carbons (Fsp3) is 0.850. The number of unbranched alkanes of at least 4 members (excludes halogenated alkanes) is 5. The summed E-state index contributed by atoms with van der Waals surface area (Å²) in [6.07, 6.45) is 12.8. The average Bonchev–Trinajstić information content (AvgIpc) is 2.51. The fourth-order valence-corrected chi connectivity index (χ4v) is 3.24. The van der Waals surface area contributed by atoms with Crippen LogP contribution in [0.4, 0.5) is 0 Å². The number of carboxylic acid groups (broad SMARTS) is 1. The van der Waals surface area contributed by atoms with Crippen LogP contribution in [0.2, 0.25) is 0 Å². The van der Waals surface area contributed by atoms with E-state index in [1.54, 1.807) is 0 Å². The van der Waals surface area contributed by atoms with Gasteiger partial charge in [0.2, 0.25) is 0 Å². The highest BCUT2D eigenvalue weighted by Gasteiger charge is 2.29. The molecule has 4 heteroatoms. The van der Waals surface area contributed by atoms with Gasteiger partial charge < -0.3 is 19.5 Å². The van der Waals surface area contributed by atoms with Gasteiger partial charge in [-0.3, -0.25) is 0 Å². The molecule has 24 heavy (non-hydrogen) atoms. The van der Waals surface area contributed by atoms with Crippen LogP contribution in [0.25, 0.3) is 0 Å². The lowest BCUT2D eigenvalue weighted by molar-refractivity contribution is -0.926. The molecule has 0 bridgehead atoms. The molecule has 4 nitrogen and oxygen atoms in total. The number of aliphatic hydroxyl groups excluding tert-OH is 1. The third-order valence-corrected chi connectivity index (χ3v) is 4.56. The number of carboxylic acids is 1. The van der Waals surface area contributed by atoms with Crippen LogP contribution < -0.4 is 5.11 Å². The molecule has 142 valence electrons. The average molecular weight is 342 g/mol. The van der Waals surface area contributed by atoms with Gasteiger partial charge in [-0.2, -0.15) is 0 Å². The van der Waals surface area contributed by atoms with E-state index in [1.807, 2.05) is 6.08 Å². The SMILES string of the molecule is CCC/C=C/CC(O)C[N+](CCCCC)(CCCCC)CC(=O)[O-]. The molecule has 0 spiro atoms. The molecule has 1 atom stereocenters. The van der Waals surface area contributed by atoms with Crippen LogP contribution in [-0.4, -0.2) is 47.8 Å². The van der Waals surface area contributed by atoms with Crippen molar-refractivity contribution in [1.29, 1.82) is 0 Å². The monoisotopic (exact) mass is 341 g/mol. The molecule has 0 saturated carbocycles. The molecule has 0 aliphatic rings. The third-order valence-electron chi connectivity index (χ3n) is 4.56. The molecule has 0 aliphatic carbocycles. The maximum atomic E-state index is 11.3. The molecule has 0 aromatic carbocycles. The quantitative estimate of drug-likeness (QED) is 0.267. The van der Waals surface area contributed by atoms with E-state index in [2.05, 4.69) is 26.8 Å².